The van der Waals surface area contributed by atoms with E-state index in [-0.39, 0.29) is 41.6 Å². The molecule has 4 rings (SSSR count). The van der Waals surface area contributed by atoms with Crippen molar-refractivity contribution in [3.63, 3.8) is 0 Å². The number of carbonyl (C=O) groups excluding carboxylic acids is 2. The molecule has 44 heavy (non-hydrogen) atoms. The van der Waals surface area contributed by atoms with Crippen molar-refractivity contribution in [2.45, 2.75) is 95.6 Å². The maximum Gasteiger partial charge on any atom is 0.289 e. The third kappa shape index (κ3) is 7.86. The first kappa shape index (κ1) is 33.2. The van der Waals surface area contributed by atoms with Gasteiger partial charge in [0.25, 0.3) is 5.91 Å². The second-order valence-electron chi connectivity index (χ2n) is 11.6. The van der Waals surface area contributed by atoms with Crippen molar-refractivity contribution in [2.75, 3.05) is 6.54 Å². The molecular weight excluding hydrogens is 599 g/mol. The van der Waals surface area contributed by atoms with E-state index < -0.39 is 91.6 Å². The molecule has 9 nitrogen and oxygen atoms in total. The van der Waals surface area contributed by atoms with Crippen LogP contribution in [0.25, 0.3) is 11.0 Å². The highest BCUT2D eigenvalue weighted by molar-refractivity contribution is 5.91. The predicted molar refractivity (Wildman–Crippen MR) is 145 cm³/mol. The van der Waals surface area contributed by atoms with Crippen LogP contribution in [-0.2, 0) is 4.79 Å². The number of nitrogens with zero attached hydrogens (tertiary/aromatic N) is 4. The van der Waals surface area contributed by atoms with Crippen LogP contribution < -0.4 is 10.6 Å². The summed E-state index contributed by atoms with van der Waals surface area (Å²) in [6, 6.07) is 1.24. The number of rotatable bonds is 12. The summed E-state index contributed by atoms with van der Waals surface area (Å²) in [7, 11) is 0. The average Bonchev–Trinajstić information content (AvgIpc) is 3.59. The molecule has 2 amide bonds. The van der Waals surface area contributed by atoms with Crippen molar-refractivity contribution < 1.29 is 40.3 Å². The van der Waals surface area contributed by atoms with Crippen molar-refractivity contribution in [1.82, 2.24) is 35.4 Å². The molecule has 0 bridgehead atoms. The van der Waals surface area contributed by atoms with Gasteiger partial charge in [0.15, 0.2) is 5.82 Å². The van der Waals surface area contributed by atoms with Gasteiger partial charge in [-0.1, -0.05) is 6.07 Å². The molecule has 3 aromatic rings. The highest BCUT2D eigenvalue weighted by Crippen LogP contribution is 2.42. The van der Waals surface area contributed by atoms with Crippen molar-refractivity contribution in [2.24, 2.45) is 5.92 Å². The Bertz CT molecular complexity index is 1460. The first-order valence-electron chi connectivity index (χ1n) is 14.3. The maximum absolute atomic E-state index is 15.9. The molecule has 1 unspecified atom stereocenters. The molecule has 1 saturated carbocycles. The maximum atomic E-state index is 15.9. The van der Waals surface area contributed by atoms with E-state index in [1.54, 1.807) is 13.8 Å². The SMILES string of the molecule is CC(C)n1ncnc1C(=O)N[C@H](c1nc2c(F)c(C(CC(C)(F)F)C(=O)NCCC(F)F)ccc2[nH]1)C1CCC(F)(F)CC1. The fourth-order valence-electron chi connectivity index (χ4n) is 5.42. The Morgan fingerprint density at radius 2 is 1.86 bits per heavy atom. The van der Waals surface area contributed by atoms with E-state index in [1.807, 2.05) is 0 Å². The second kappa shape index (κ2) is 13.1. The molecule has 3 N–H and O–H groups in total. The largest absolute Gasteiger partial charge is 0.355 e. The van der Waals surface area contributed by atoms with Gasteiger partial charge >= 0.3 is 0 Å². The fraction of sp³-hybridized carbons (Fsp3) is 0.607. The highest BCUT2D eigenvalue weighted by Gasteiger charge is 2.40. The smallest absolute Gasteiger partial charge is 0.289 e. The minimum Gasteiger partial charge on any atom is -0.355 e. The Kier molecular flexibility index (Phi) is 9.88. The topological polar surface area (TPSA) is 118 Å². The third-order valence-electron chi connectivity index (χ3n) is 7.64. The summed E-state index contributed by atoms with van der Waals surface area (Å²) in [5.74, 6) is -11.3. The predicted octanol–water partition coefficient (Wildman–Crippen LogP) is 6.07. The number of H-pyrrole nitrogens is 1. The van der Waals surface area contributed by atoms with E-state index in [2.05, 4.69) is 30.7 Å². The van der Waals surface area contributed by atoms with Crippen LogP contribution in [0.4, 0.5) is 30.7 Å². The number of amides is 2. The van der Waals surface area contributed by atoms with Gasteiger partial charge in [-0.05, 0) is 45.6 Å². The molecule has 0 aliphatic heterocycles. The van der Waals surface area contributed by atoms with Crippen molar-refractivity contribution in [3.8, 4) is 0 Å². The zero-order valence-corrected chi connectivity index (χ0v) is 24.3. The Labute approximate surface area is 248 Å². The van der Waals surface area contributed by atoms with Crippen molar-refractivity contribution in [1.29, 1.82) is 0 Å². The number of aromatic amines is 1. The van der Waals surface area contributed by atoms with Gasteiger partial charge in [-0.2, -0.15) is 5.10 Å². The number of alkyl halides is 6. The molecule has 1 aliphatic carbocycles. The third-order valence-corrected chi connectivity index (χ3v) is 7.64. The van der Waals surface area contributed by atoms with Gasteiger partial charge in [-0.25, -0.2) is 45.4 Å². The zero-order valence-electron chi connectivity index (χ0n) is 24.3. The minimum atomic E-state index is -3.40. The molecule has 16 heteroatoms. The van der Waals surface area contributed by atoms with E-state index in [9.17, 15) is 35.9 Å². The number of carbonyl (C=O) groups is 2. The van der Waals surface area contributed by atoms with Gasteiger partial charge in [0, 0.05) is 43.8 Å². The van der Waals surface area contributed by atoms with Gasteiger partial charge < -0.3 is 15.6 Å². The molecule has 0 radical (unpaired) electrons. The molecule has 1 aliphatic rings. The van der Waals surface area contributed by atoms with Crippen molar-refractivity contribution >= 4 is 22.8 Å². The van der Waals surface area contributed by atoms with E-state index in [4.69, 9.17) is 0 Å². The highest BCUT2D eigenvalue weighted by atomic mass is 19.3. The molecule has 0 spiro atoms. The molecule has 2 atom stereocenters. The van der Waals surface area contributed by atoms with Gasteiger partial charge in [-0.15, -0.1) is 0 Å². The van der Waals surface area contributed by atoms with Crippen LogP contribution in [0.3, 0.4) is 0 Å². The molecule has 242 valence electrons. The van der Waals surface area contributed by atoms with Gasteiger partial charge in [0.1, 0.15) is 17.7 Å². The Morgan fingerprint density at radius 1 is 1.18 bits per heavy atom. The van der Waals surface area contributed by atoms with E-state index >= 15 is 4.39 Å². The Morgan fingerprint density at radius 3 is 2.48 bits per heavy atom. The van der Waals surface area contributed by atoms with E-state index in [0.29, 0.717) is 6.92 Å². The summed E-state index contributed by atoms with van der Waals surface area (Å²) in [5.41, 5.74) is -0.644. The van der Waals surface area contributed by atoms with Gasteiger partial charge in [0.05, 0.1) is 17.5 Å². The molecule has 0 saturated heterocycles. The standard InChI is InChI=1S/C28H34F7N7O2/c1-14(2)42-24(37-13-38-42)26(44)41-21(15-6-9-28(34,35)10-7-15)23-39-18-5-4-16(20(31)22(18)40-23)17(12-27(3,32)33)25(43)36-11-8-19(29)30/h4-5,13-15,17,19,21H,6-12H2,1-3H3,(H,36,43)(H,39,40)(H,41,44)/t17?,21-/m0/s1. The van der Waals surface area contributed by atoms with Gasteiger partial charge in [0.2, 0.25) is 30.0 Å². The number of benzene rings is 1. The van der Waals surface area contributed by atoms with E-state index in [0.717, 1.165) is 6.07 Å². The zero-order chi connectivity index (χ0) is 32.4. The van der Waals surface area contributed by atoms with Gasteiger partial charge in [-0.3, -0.25) is 9.59 Å². The lowest BCUT2D eigenvalue weighted by Gasteiger charge is -2.33. The summed E-state index contributed by atoms with van der Waals surface area (Å²) in [4.78, 5) is 37.3. The Hall–Kier alpha value is -3.72. The molecular formula is C28H34F7N7O2. The first-order chi connectivity index (χ1) is 20.6. The summed E-state index contributed by atoms with van der Waals surface area (Å²) in [6.07, 6.45) is -4.17. The summed E-state index contributed by atoms with van der Waals surface area (Å²) < 4.78 is 98.5. The summed E-state index contributed by atoms with van der Waals surface area (Å²) in [6.45, 7) is 3.63. The summed E-state index contributed by atoms with van der Waals surface area (Å²) >= 11 is 0. The Balaban J connectivity index is 1.70. The second-order valence-corrected chi connectivity index (χ2v) is 11.6. The molecule has 1 aromatic carbocycles. The molecule has 2 aromatic heterocycles. The molecule has 2 heterocycles. The normalized spacial score (nSPS) is 17.3. The quantitative estimate of drug-likeness (QED) is 0.209. The number of hydrogen-bond acceptors (Lipinski definition) is 5. The minimum absolute atomic E-state index is 0.0199. The van der Waals surface area contributed by atoms with Crippen LogP contribution >= 0.6 is 0 Å². The van der Waals surface area contributed by atoms with Crippen LogP contribution in [-0.4, -0.2) is 61.4 Å². The number of aromatic nitrogens is 5. The summed E-state index contributed by atoms with van der Waals surface area (Å²) in [5, 5.41) is 8.98. The number of halogens is 7. The first-order valence-corrected chi connectivity index (χ1v) is 14.3. The van der Waals surface area contributed by atoms with Crippen LogP contribution in [0.1, 0.15) is 99.3 Å². The lowest BCUT2D eigenvalue weighted by molar-refractivity contribution is -0.125. The lowest BCUT2D eigenvalue weighted by atomic mass is 9.81. The average molecular weight is 634 g/mol. The monoisotopic (exact) mass is 633 g/mol. The van der Waals surface area contributed by atoms with Crippen molar-refractivity contribution in [3.05, 3.63) is 41.5 Å². The number of imidazole rings is 1. The lowest BCUT2D eigenvalue weighted by Crippen LogP contribution is -2.38. The van der Waals surface area contributed by atoms with Crippen LogP contribution in [0.15, 0.2) is 18.5 Å². The van der Waals surface area contributed by atoms with Crippen LogP contribution in [0.2, 0.25) is 0 Å². The number of hydrogen-bond donors (Lipinski definition) is 3. The molecule has 1 fully saturated rings. The number of fused-ring (bicyclic) bond motifs is 1. The number of nitrogens with one attached hydrogen (secondary N) is 3. The fourth-order valence-corrected chi connectivity index (χ4v) is 5.42. The van der Waals surface area contributed by atoms with Crippen LogP contribution in [0.5, 0.6) is 0 Å². The van der Waals surface area contributed by atoms with Crippen LogP contribution in [0, 0.1) is 11.7 Å². The van der Waals surface area contributed by atoms with E-state index in [1.165, 1.54) is 17.1 Å².